The number of carbonyl (C=O) groups excluding carboxylic acids is 1. The van der Waals surface area contributed by atoms with Crippen LogP contribution in [0.5, 0.6) is 0 Å². The molecule has 0 heterocycles. The van der Waals surface area contributed by atoms with E-state index in [1.165, 1.54) is 0 Å². The van der Waals surface area contributed by atoms with Crippen molar-refractivity contribution in [1.29, 1.82) is 0 Å². The lowest BCUT2D eigenvalue weighted by molar-refractivity contribution is -0.0252. The summed E-state index contributed by atoms with van der Waals surface area (Å²) >= 11 is 33.0. The highest BCUT2D eigenvalue weighted by Crippen LogP contribution is 2.35. The number of urea groups is 1. The number of nitrogens with zero attached hydrogens (tertiary/aromatic N) is 2. The zero-order valence-corrected chi connectivity index (χ0v) is 15.4. The SMILES string of the molecule is O=C(N(CCO)C(O)C(Cl)(Cl)Cl)N(CCO)C(O)C(Cl)(Cl)Cl. The zero-order valence-electron chi connectivity index (χ0n) is 10.8. The van der Waals surface area contributed by atoms with Crippen molar-refractivity contribution in [2.75, 3.05) is 26.3 Å². The van der Waals surface area contributed by atoms with Crippen LogP contribution in [0.4, 0.5) is 4.79 Å². The minimum absolute atomic E-state index is 0.442. The first-order chi connectivity index (χ1) is 9.87. The minimum atomic E-state index is -2.29. The molecule has 0 aromatic rings. The molecule has 0 saturated heterocycles. The summed E-state index contributed by atoms with van der Waals surface area (Å²) in [5.74, 6) is 0. The van der Waals surface area contributed by atoms with Crippen molar-refractivity contribution in [2.24, 2.45) is 0 Å². The Morgan fingerprint density at radius 3 is 1.27 bits per heavy atom. The fourth-order valence-electron chi connectivity index (χ4n) is 1.38. The predicted molar refractivity (Wildman–Crippen MR) is 85.6 cm³/mol. The van der Waals surface area contributed by atoms with Crippen LogP contribution in [-0.2, 0) is 0 Å². The van der Waals surface area contributed by atoms with Crippen LogP contribution in [0, 0.1) is 0 Å². The lowest BCUT2D eigenvalue weighted by Crippen LogP contribution is -2.58. The monoisotopic (exact) mass is 440 g/mol. The third-order valence-electron chi connectivity index (χ3n) is 2.35. The molecule has 2 amide bonds. The smallest absolute Gasteiger partial charge is 0.324 e. The quantitative estimate of drug-likeness (QED) is 0.364. The standard InChI is InChI=1S/C9H14Cl6N2O5/c10-8(11,12)5(20)16(1-3-18)7(22)17(2-4-19)6(21)9(13,14)15/h5-6,18-21H,1-4H2. The second-order valence-corrected chi connectivity index (χ2v) is 8.69. The fraction of sp³-hybridized carbons (Fsp3) is 0.889. The average Bonchev–Trinajstić information content (AvgIpc) is 2.37. The first kappa shape index (κ1) is 22.9. The molecule has 22 heavy (non-hydrogen) atoms. The number of hydrogen-bond donors (Lipinski definition) is 4. The highest BCUT2D eigenvalue weighted by atomic mass is 35.6. The van der Waals surface area contributed by atoms with Gasteiger partial charge in [-0.15, -0.1) is 0 Å². The van der Waals surface area contributed by atoms with Gasteiger partial charge in [0.15, 0.2) is 12.5 Å². The molecule has 13 heteroatoms. The largest absolute Gasteiger partial charge is 0.395 e. The Morgan fingerprint density at radius 2 is 1.09 bits per heavy atom. The maximum Gasteiger partial charge on any atom is 0.324 e. The molecule has 0 bridgehead atoms. The van der Waals surface area contributed by atoms with Crippen molar-refractivity contribution in [3.63, 3.8) is 0 Å². The molecular formula is C9H14Cl6N2O5. The van der Waals surface area contributed by atoms with Crippen molar-refractivity contribution < 1.29 is 25.2 Å². The number of aliphatic hydroxyl groups excluding tert-OH is 4. The van der Waals surface area contributed by atoms with Crippen molar-refractivity contribution in [3.8, 4) is 0 Å². The summed E-state index contributed by atoms with van der Waals surface area (Å²) in [6.07, 6.45) is -3.91. The molecule has 7 nitrogen and oxygen atoms in total. The van der Waals surface area contributed by atoms with Crippen LogP contribution in [0.1, 0.15) is 0 Å². The van der Waals surface area contributed by atoms with Crippen molar-refractivity contribution in [2.45, 2.75) is 20.0 Å². The van der Waals surface area contributed by atoms with E-state index in [1.54, 1.807) is 0 Å². The van der Waals surface area contributed by atoms with Gasteiger partial charge in [-0.2, -0.15) is 0 Å². The summed E-state index contributed by atoms with van der Waals surface area (Å²) < 4.78 is -4.58. The number of rotatable bonds is 6. The van der Waals surface area contributed by atoms with E-state index < -0.39 is 52.4 Å². The summed E-state index contributed by atoms with van der Waals surface area (Å²) in [7, 11) is 0. The van der Waals surface area contributed by atoms with Gasteiger partial charge in [0.25, 0.3) is 0 Å². The van der Waals surface area contributed by atoms with Gasteiger partial charge in [-0.25, -0.2) is 4.79 Å². The van der Waals surface area contributed by atoms with Crippen LogP contribution in [0.15, 0.2) is 0 Å². The van der Waals surface area contributed by atoms with Gasteiger partial charge in [-0.3, -0.25) is 9.80 Å². The van der Waals surface area contributed by atoms with Crippen LogP contribution in [-0.4, -0.2) is 82.6 Å². The van der Waals surface area contributed by atoms with E-state index in [1.807, 2.05) is 0 Å². The zero-order chi connectivity index (χ0) is 17.7. The van der Waals surface area contributed by atoms with Gasteiger partial charge in [-0.1, -0.05) is 69.6 Å². The van der Waals surface area contributed by atoms with Gasteiger partial charge in [0.1, 0.15) is 0 Å². The van der Waals surface area contributed by atoms with E-state index in [-0.39, 0.29) is 0 Å². The summed E-state index contributed by atoms with van der Waals surface area (Å²) in [6.45, 7) is -2.05. The molecule has 0 radical (unpaired) electrons. The Kier molecular flexibility index (Phi) is 9.73. The van der Waals surface area contributed by atoms with Crippen LogP contribution in [0.25, 0.3) is 0 Å². The maximum absolute atomic E-state index is 12.4. The Hall–Kier alpha value is 0.850. The number of aliphatic hydroxyl groups is 4. The molecule has 2 unspecified atom stereocenters. The number of halogens is 6. The maximum atomic E-state index is 12.4. The average molecular weight is 443 g/mol. The summed E-state index contributed by atoms with van der Waals surface area (Å²) in [6, 6.07) is -1.12. The van der Waals surface area contributed by atoms with Crippen molar-refractivity contribution in [3.05, 3.63) is 0 Å². The molecule has 4 N–H and O–H groups in total. The predicted octanol–water partition coefficient (Wildman–Crippen LogP) is 1.07. The Balaban J connectivity index is 5.46. The second kappa shape index (κ2) is 9.36. The molecule has 0 aliphatic rings. The molecule has 0 aromatic carbocycles. The van der Waals surface area contributed by atoms with Gasteiger partial charge < -0.3 is 20.4 Å². The van der Waals surface area contributed by atoms with Crippen LogP contribution in [0.2, 0.25) is 0 Å². The number of hydrogen-bond acceptors (Lipinski definition) is 5. The molecule has 0 spiro atoms. The topological polar surface area (TPSA) is 104 Å². The normalized spacial score (nSPS) is 15.4. The molecule has 2 atom stereocenters. The van der Waals surface area contributed by atoms with Gasteiger partial charge in [0, 0.05) is 13.1 Å². The van der Waals surface area contributed by atoms with E-state index in [2.05, 4.69) is 0 Å². The Morgan fingerprint density at radius 1 is 0.818 bits per heavy atom. The highest BCUT2D eigenvalue weighted by Gasteiger charge is 2.44. The second-order valence-electron chi connectivity index (χ2n) is 3.95. The van der Waals surface area contributed by atoms with Crippen LogP contribution in [0.3, 0.4) is 0 Å². The van der Waals surface area contributed by atoms with Gasteiger partial charge in [0.05, 0.1) is 13.2 Å². The van der Waals surface area contributed by atoms with E-state index in [0.29, 0.717) is 9.80 Å². The molecule has 0 saturated carbocycles. The van der Waals surface area contributed by atoms with E-state index in [4.69, 9.17) is 79.8 Å². The molecule has 132 valence electrons. The summed E-state index contributed by atoms with van der Waals surface area (Å²) in [5.41, 5.74) is 0. The Bertz CT molecular complexity index is 331. The molecule has 0 aliphatic heterocycles. The third kappa shape index (κ3) is 6.76. The van der Waals surface area contributed by atoms with Gasteiger partial charge >= 0.3 is 6.03 Å². The van der Waals surface area contributed by atoms with E-state index in [9.17, 15) is 15.0 Å². The lowest BCUT2D eigenvalue weighted by Gasteiger charge is -2.38. The van der Waals surface area contributed by atoms with Gasteiger partial charge in [-0.05, 0) is 0 Å². The first-order valence-corrected chi connectivity index (χ1v) is 7.93. The first-order valence-electron chi connectivity index (χ1n) is 5.66. The van der Waals surface area contributed by atoms with Crippen molar-refractivity contribution >= 4 is 75.6 Å². The third-order valence-corrected chi connectivity index (χ3v) is 3.52. The molecule has 0 fully saturated rings. The fourth-order valence-corrected chi connectivity index (χ4v) is 2.09. The molecular weight excluding hydrogens is 429 g/mol. The minimum Gasteiger partial charge on any atom is -0.395 e. The lowest BCUT2D eigenvalue weighted by atomic mass is 10.4. The van der Waals surface area contributed by atoms with E-state index in [0.717, 1.165) is 0 Å². The van der Waals surface area contributed by atoms with E-state index >= 15 is 0 Å². The number of amides is 2. The van der Waals surface area contributed by atoms with Crippen molar-refractivity contribution in [1.82, 2.24) is 9.80 Å². The van der Waals surface area contributed by atoms with Crippen LogP contribution >= 0.6 is 69.6 Å². The summed E-state index contributed by atoms with van der Waals surface area (Å²) in [4.78, 5) is 13.4. The molecule has 0 aliphatic carbocycles. The molecule has 0 aromatic heterocycles. The van der Waals surface area contributed by atoms with Gasteiger partial charge in [0.2, 0.25) is 7.59 Å². The Labute approximate surface area is 156 Å². The number of carbonyl (C=O) groups is 1. The highest BCUT2D eigenvalue weighted by molar-refractivity contribution is 6.68. The molecule has 0 rings (SSSR count). The summed E-state index contributed by atoms with van der Waals surface area (Å²) in [5, 5.41) is 37.7. The number of alkyl halides is 6. The van der Waals surface area contributed by atoms with Crippen LogP contribution < -0.4 is 0 Å².